The third kappa shape index (κ3) is 3.97. The highest BCUT2D eigenvalue weighted by molar-refractivity contribution is 5.68. The van der Waals surface area contributed by atoms with Gasteiger partial charge in [0.15, 0.2) is 0 Å². The van der Waals surface area contributed by atoms with E-state index in [0.29, 0.717) is 6.61 Å². The lowest BCUT2D eigenvalue weighted by Crippen LogP contribution is -2.51. The molecule has 0 radical (unpaired) electrons. The van der Waals surface area contributed by atoms with Crippen LogP contribution in [0.15, 0.2) is 30.3 Å². The van der Waals surface area contributed by atoms with Crippen molar-refractivity contribution in [3.63, 3.8) is 0 Å². The molecular formula is C16H24N2O2. The van der Waals surface area contributed by atoms with Crippen LogP contribution in [0.2, 0.25) is 0 Å². The Morgan fingerprint density at radius 2 is 2.15 bits per heavy atom. The lowest BCUT2D eigenvalue weighted by molar-refractivity contribution is 0.0612. The fourth-order valence-electron chi connectivity index (χ4n) is 2.65. The van der Waals surface area contributed by atoms with E-state index in [4.69, 9.17) is 4.74 Å². The molecule has 110 valence electrons. The maximum atomic E-state index is 12.3. The van der Waals surface area contributed by atoms with Crippen molar-refractivity contribution in [3.8, 4) is 0 Å². The molecule has 0 aromatic heterocycles. The highest BCUT2D eigenvalue weighted by atomic mass is 16.6. The molecule has 1 heterocycles. The van der Waals surface area contributed by atoms with Crippen LogP contribution in [-0.4, -0.2) is 36.2 Å². The third-order valence-corrected chi connectivity index (χ3v) is 3.64. The topological polar surface area (TPSA) is 41.6 Å². The number of nitrogens with zero attached hydrogens (tertiary/aromatic N) is 1. The molecule has 4 nitrogen and oxygen atoms in total. The van der Waals surface area contributed by atoms with Crippen molar-refractivity contribution in [2.24, 2.45) is 0 Å². The van der Waals surface area contributed by atoms with Gasteiger partial charge in [-0.3, -0.25) is 0 Å². The summed E-state index contributed by atoms with van der Waals surface area (Å²) < 4.78 is 5.46. The monoisotopic (exact) mass is 276 g/mol. The van der Waals surface area contributed by atoms with Gasteiger partial charge in [-0.1, -0.05) is 30.3 Å². The minimum Gasteiger partial charge on any atom is -0.445 e. The number of carbonyl (C=O) groups is 1. The zero-order valence-electron chi connectivity index (χ0n) is 12.3. The zero-order valence-corrected chi connectivity index (χ0v) is 12.3. The molecule has 1 N–H and O–H groups in total. The average molecular weight is 276 g/mol. The van der Waals surface area contributed by atoms with Crippen LogP contribution in [0.4, 0.5) is 4.79 Å². The maximum absolute atomic E-state index is 12.3. The van der Waals surface area contributed by atoms with E-state index < -0.39 is 0 Å². The van der Waals surface area contributed by atoms with Gasteiger partial charge in [-0.05, 0) is 38.8 Å². The first-order valence-electron chi connectivity index (χ1n) is 7.38. The molecule has 1 aromatic rings. The van der Waals surface area contributed by atoms with Crippen LogP contribution in [0.3, 0.4) is 0 Å². The summed E-state index contributed by atoms with van der Waals surface area (Å²) in [4.78, 5) is 14.2. The predicted molar refractivity (Wildman–Crippen MR) is 79.5 cm³/mol. The molecule has 1 aliphatic rings. The molecule has 0 spiro atoms. The van der Waals surface area contributed by atoms with Crippen molar-refractivity contribution in [2.45, 2.75) is 45.4 Å². The molecule has 1 fully saturated rings. The Morgan fingerprint density at radius 1 is 1.40 bits per heavy atom. The molecule has 20 heavy (non-hydrogen) atoms. The van der Waals surface area contributed by atoms with Crippen LogP contribution in [0.25, 0.3) is 0 Å². The van der Waals surface area contributed by atoms with Gasteiger partial charge in [0, 0.05) is 18.6 Å². The van der Waals surface area contributed by atoms with E-state index >= 15 is 0 Å². The highest BCUT2D eigenvalue weighted by Crippen LogP contribution is 2.16. The Kier molecular flexibility index (Phi) is 5.41. The van der Waals surface area contributed by atoms with Gasteiger partial charge in [0.25, 0.3) is 0 Å². The molecule has 0 saturated carbocycles. The quantitative estimate of drug-likeness (QED) is 0.919. The van der Waals surface area contributed by atoms with Crippen LogP contribution in [0.1, 0.15) is 32.3 Å². The number of benzene rings is 1. The van der Waals surface area contributed by atoms with E-state index in [2.05, 4.69) is 5.32 Å². The number of amides is 1. The van der Waals surface area contributed by atoms with Gasteiger partial charge >= 0.3 is 6.09 Å². The first-order valence-corrected chi connectivity index (χ1v) is 7.38. The van der Waals surface area contributed by atoms with Gasteiger partial charge in [0.2, 0.25) is 0 Å². The van der Waals surface area contributed by atoms with Crippen LogP contribution in [0, 0.1) is 0 Å². The number of carbonyl (C=O) groups excluding carboxylic acids is 1. The van der Waals surface area contributed by atoms with Crippen LogP contribution >= 0.6 is 0 Å². The number of rotatable bonds is 4. The van der Waals surface area contributed by atoms with E-state index in [1.54, 1.807) is 0 Å². The van der Waals surface area contributed by atoms with Crippen molar-refractivity contribution < 1.29 is 9.53 Å². The van der Waals surface area contributed by atoms with Crippen molar-refractivity contribution in [3.05, 3.63) is 35.9 Å². The maximum Gasteiger partial charge on any atom is 0.410 e. The molecule has 1 amide bonds. The minimum absolute atomic E-state index is 0.156. The third-order valence-electron chi connectivity index (χ3n) is 3.64. The van der Waals surface area contributed by atoms with Crippen molar-refractivity contribution in [2.75, 3.05) is 13.1 Å². The number of piperidine rings is 1. The number of ether oxygens (including phenoxy) is 1. The predicted octanol–water partition coefficient (Wildman–Crippen LogP) is 2.79. The summed E-state index contributed by atoms with van der Waals surface area (Å²) in [5.74, 6) is 0. The fraction of sp³-hybridized carbons (Fsp3) is 0.562. The van der Waals surface area contributed by atoms with Crippen molar-refractivity contribution >= 4 is 6.09 Å². The second-order valence-corrected chi connectivity index (χ2v) is 5.54. The molecule has 0 aliphatic carbocycles. The highest BCUT2D eigenvalue weighted by Gasteiger charge is 2.28. The lowest BCUT2D eigenvalue weighted by Gasteiger charge is -2.36. The molecule has 0 bridgehead atoms. The Labute approximate surface area is 121 Å². The smallest absolute Gasteiger partial charge is 0.410 e. The van der Waals surface area contributed by atoms with Crippen LogP contribution in [-0.2, 0) is 11.3 Å². The van der Waals surface area contributed by atoms with Gasteiger partial charge in [0.05, 0.1) is 0 Å². The number of nitrogens with one attached hydrogen (secondary N) is 1. The molecule has 0 unspecified atom stereocenters. The van der Waals surface area contributed by atoms with Gasteiger partial charge in [-0.25, -0.2) is 4.79 Å². The van der Waals surface area contributed by atoms with E-state index in [1.807, 2.05) is 49.1 Å². The molecule has 1 atom stereocenters. The van der Waals surface area contributed by atoms with E-state index in [1.165, 1.54) is 0 Å². The van der Waals surface area contributed by atoms with Gasteiger partial charge in [-0.15, -0.1) is 0 Å². The van der Waals surface area contributed by atoms with E-state index in [-0.39, 0.29) is 18.2 Å². The summed E-state index contributed by atoms with van der Waals surface area (Å²) in [6.45, 7) is 6.32. The largest absolute Gasteiger partial charge is 0.445 e. The zero-order chi connectivity index (χ0) is 14.4. The van der Waals surface area contributed by atoms with Crippen molar-refractivity contribution in [1.82, 2.24) is 10.2 Å². The molecule has 1 saturated heterocycles. The second-order valence-electron chi connectivity index (χ2n) is 5.54. The van der Waals surface area contributed by atoms with Gasteiger partial charge < -0.3 is 15.0 Å². The Morgan fingerprint density at radius 3 is 2.75 bits per heavy atom. The summed E-state index contributed by atoms with van der Waals surface area (Å²) in [6.07, 6.45) is 1.95. The minimum atomic E-state index is -0.211. The fourth-order valence-corrected chi connectivity index (χ4v) is 2.65. The molecule has 1 aliphatic heterocycles. The first-order chi connectivity index (χ1) is 9.68. The first kappa shape index (κ1) is 14.9. The normalized spacial score (nSPS) is 18.9. The van der Waals surface area contributed by atoms with Crippen LogP contribution in [0.5, 0.6) is 0 Å². The molecule has 4 heteroatoms. The summed E-state index contributed by atoms with van der Waals surface area (Å²) in [5.41, 5.74) is 1.02. The summed E-state index contributed by atoms with van der Waals surface area (Å²) in [5, 5.41) is 3.35. The summed E-state index contributed by atoms with van der Waals surface area (Å²) in [7, 11) is 0. The van der Waals surface area contributed by atoms with Gasteiger partial charge in [-0.2, -0.15) is 0 Å². The Hall–Kier alpha value is -1.55. The van der Waals surface area contributed by atoms with E-state index in [0.717, 1.165) is 31.5 Å². The molecular weight excluding hydrogens is 252 g/mol. The molecule has 2 rings (SSSR count). The summed E-state index contributed by atoms with van der Waals surface area (Å²) >= 11 is 0. The van der Waals surface area contributed by atoms with Crippen LogP contribution < -0.4 is 5.32 Å². The Balaban J connectivity index is 1.93. The van der Waals surface area contributed by atoms with Gasteiger partial charge in [0.1, 0.15) is 6.61 Å². The SMILES string of the molecule is CC(C)N(C(=O)OCc1ccccc1)[C@H]1CCCNC1. The lowest BCUT2D eigenvalue weighted by atomic mass is 10.1. The molecule has 1 aromatic carbocycles. The second kappa shape index (κ2) is 7.29. The van der Waals surface area contributed by atoms with E-state index in [9.17, 15) is 4.79 Å². The number of hydrogen-bond acceptors (Lipinski definition) is 3. The Bertz CT molecular complexity index is 414. The average Bonchev–Trinajstić information content (AvgIpc) is 2.47. The summed E-state index contributed by atoms with van der Waals surface area (Å²) in [6, 6.07) is 10.2. The van der Waals surface area contributed by atoms with Crippen molar-refractivity contribution in [1.29, 1.82) is 0 Å². The standard InChI is InChI=1S/C16H24N2O2/c1-13(2)18(15-9-6-10-17-11-15)16(19)20-12-14-7-4-3-5-8-14/h3-5,7-8,13,15,17H,6,9-12H2,1-2H3/t15-/m0/s1. The number of hydrogen-bond donors (Lipinski definition) is 1.